The number of hydrogen-bond acceptors (Lipinski definition) is 5. The molecule has 0 bridgehead atoms. The van der Waals surface area contributed by atoms with Gasteiger partial charge < -0.3 is 10.2 Å². The van der Waals surface area contributed by atoms with Gasteiger partial charge in [0.15, 0.2) is 5.57 Å². The number of amides is 1. The maximum atomic E-state index is 11.7. The van der Waals surface area contributed by atoms with E-state index >= 15 is 0 Å². The van der Waals surface area contributed by atoms with Crippen LogP contribution < -0.4 is 10.9 Å². The van der Waals surface area contributed by atoms with Crippen molar-refractivity contribution >= 4 is 23.5 Å². The summed E-state index contributed by atoms with van der Waals surface area (Å²) in [5.74, 6) is -1.26. The molecule has 1 amide bonds. The van der Waals surface area contributed by atoms with E-state index in [2.05, 4.69) is 15.6 Å². The summed E-state index contributed by atoms with van der Waals surface area (Å²) in [5, 5.41) is 9.05. The molecule has 0 atom stereocenters. The van der Waals surface area contributed by atoms with Crippen molar-refractivity contribution in [1.82, 2.24) is 10.9 Å². The molecule has 20 heavy (non-hydrogen) atoms. The number of halogens is 1. The Kier molecular flexibility index (Phi) is 6.07. The third-order valence-electron chi connectivity index (χ3n) is 2.14. The van der Waals surface area contributed by atoms with Crippen LogP contribution in [-0.2, 0) is 9.53 Å². The number of hydrazine groups is 1. The number of carbonyl (C=O) groups excluding carboxylic acids is 2. The van der Waals surface area contributed by atoms with E-state index in [4.69, 9.17) is 16.9 Å². The van der Waals surface area contributed by atoms with Gasteiger partial charge in [0, 0.05) is 6.20 Å². The fourth-order valence-corrected chi connectivity index (χ4v) is 1.45. The van der Waals surface area contributed by atoms with Gasteiger partial charge in [-0.3, -0.25) is 10.2 Å². The summed E-state index contributed by atoms with van der Waals surface area (Å²) >= 11 is 5.85. The Balaban J connectivity index is 2.64. The Labute approximate surface area is 120 Å². The van der Waals surface area contributed by atoms with Crippen molar-refractivity contribution in [2.24, 2.45) is 0 Å². The van der Waals surface area contributed by atoms with Crippen molar-refractivity contribution in [3.63, 3.8) is 0 Å². The van der Waals surface area contributed by atoms with E-state index in [0.717, 1.165) is 6.20 Å². The van der Waals surface area contributed by atoms with E-state index in [-0.39, 0.29) is 17.7 Å². The monoisotopic (exact) mass is 293 g/mol. The van der Waals surface area contributed by atoms with Gasteiger partial charge >= 0.3 is 5.97 Å². The molecular formula is C13H12ClN3O3. The fraction of sp³-hybridized carbons (Fsp3) is 0.154. The zero-order chi connectivity index (χ0) is 15.0. The highest BCUT2D eigenvalue weighted by molar-refractivity contribution is 6.33. The molecule has 7 heteroatoms. The predicted octanol–water partition coefficient (Wildman–Crippen LogP) is 1.54. The first-order chi connectivity index (χ1) is 9.60. The number of nitrogens with one attached hydrogen (secondary N) is 2. The van der Waals surface area contributed by atoms with Crippen LogP contribution in [0.4, 0.5) is 0 Å². The van der Waals surface area contributed by atoms with Crippen LogP contribution in [0.25, 0.3) is 0 Å². The normalized spacial score (nSPS) is 10.3. The second-order valence-corrected chi connectivity index (χ2v) is 3.88. The van der Waals surface area contributed by atoms with Gasteiger partial charge in [-0.1, -0.05) is 23.7 Å². The summed E-state index contributed by atoms with van der Waals surface area (Å²) in [6.07, 6.45) is 1.05. The van der Waals surface area contributed by atoms with Crippen molar-refractivity contribution in [3.8, 4) is 6.07 Å². The summed E-state index contributed by atoms with van der Waals surface area (Å²) in [6.45, 7) is 1.78. The number of esters is 1. The Morgan fingerprint density at radius 1 is 1.45 bits per heavy atom. The summed E-state index contributed by atoms with van der Waals surface area (Å²) in [6, 6.07) is 8.13. The molecule has 0 fully saturated rings. The maximum Gasteiger partial charge on any atom is 0.350 e. The molecule has 104 valence electrons. The quantitative estimate of drug-likeness (QED) is 0.372. The number of ether oxygens (including phenoxy) is 1. The maximum absolute atomic E-state index is 11.7. The third kappa shape index (κ3) is 4.30. The molecule has 0 unspecified atom stereocenters. The highest BCUT2D eigenvalue weighted by Crippen LogP contribution is 2.14. The second kappa shape index (κ2) is 7.81. The van der Waals surface area contributed by atoms with Crippen LogP contribution in [0.1, 0.15) is 17.3 Å². The zero-order valence-corrected chi connectivity index (χ0v) is 11.4. The molecular weight excluding hydrogens is 282 g/mol. The summed E-state index contributed by atoms with van der Waals surface area (Å²) in [4.78, 5) is 23.0. The van der Waals surface area contributed by atoms with E-state index in [1.807, 2.05) is 0 Å². The molecule has 0 heterocycles. The highest BCUT2D eigenvalue weighted by atomic mass is 35.5. The first-order valence-corrected chi connectivity index (χ1v) is 6.05. The van der Waals surface area contributed by atoms with E-state index in [1.165, 1.54) is 0 Å². The Morgan fingerprint density at radius 3 is 2.75 bits per heavy atom. The largest absolute Gasteiger partial charge is 0.462 e. The number of rotatable bonds is 5. The topological polar surface area (TPSA) is 91.2 Å². The van der Waals surface area contributed by atoms with Crippen LogP contribution in [0, 0.1) is 11.3 Å². The number of benzene rings is 1. The fourth-order valence-electron chi connectivity index (χ4n) is 1.23. The van der Waals surface area contributed by atoms with E-state index in [0.29, 0.717) is 5.02 Å². The lowest BCUT2D eigenvalue weighted by Crippen LogP contribution is -2.34. The van der Waals surface area contributed by atoms with Gasteiger partial charge in [-0.25, -0.2) is 4.79 Å². The first kappa shape index (κ1) is 15.5. The average Bonchev–Trinajstić information content (AvgIpc) is 2.44. The SMILES string of the molecule is CCOC(=O)/C(C#N)=C/NNC(=O)c1ccccc1Cl. The van der Waals surface area contributed by atoms with Gasteiger partial charge in [0.25, 0.3) is 5.91 Å². The molecule has 0 saturated heterocycles. The van der Waals surface area contributed by atoms with Crippen molar-refractivity contribution < 1.29 is 14.3 Å². The standard InChI is InChI=1S/C13H12ClN3O3/c1-2-20-13(19)9(7-15)8-16-17-12(18)10-5-3-4-6-11(10)14/h3-6,8,16H,2H2,1H3,(H,17,18)/b9-8+. The van der Waals surface area contributed by atoms with Gasteiger partial charge in [0.1, 0.15) is 6.07 Å². The lowest BCUT2D eigenvalue weighted by Gasteiger charge is -2.06. The molecule has 0 spiro atoms. The van der Waals surface area contributed by atoms with E-state index in [1.54, 1.807) is 37.3 Å². The smallest absolute Gasteiger partial charge is 0.350 e. The van der Waals surface area contributed by atoms with Gasteiger partial charge in [-0.05, 0) is 19.1 Å². The van der Waals surface area contributed by atoms with Crippen LogP contribution in [0.5, 0.6) is 0 Å². The Hall–Kier alpha value is -2.52. The lowest BCUT2D eigenvalue weighted by molar-refractivity contribution is -0.138. The van der Waals surface area contributed by atoms with Gasteiger partial charge in [0.2, 0.25) is 0 Å². The summed E-state index contributed by atoms with van der Waals surface area (Å²) < 4.78 is 4.65. The van der Waals surface area contributed by atoms with Gasteiger partial charge in [-0.15, -0.1) is 0 Å². The van der Waals surface area contributed by atoms with Crippen LogP contribution in [0.3, 0.4) is 0 Å². The molecule has 1 rings (SSSR count). The zero-order valence-electron chi connectivity index (χ0n) is 10.6. The molecule has 0 aromatic heterocycles. The first-order valence-electron chi connectivity index (χ1n) is 5.68. The summed E-state index contributed by atoms with van der Waals surface area (Å²) in [5.41, 5.74) is 4.66. The molecule has 0 aliphatic heterocycles. The molecule has 1 aromatic carbocycles. The molecule has 0 radical (unpaired) electrons. The third-order valence-corrected chi connectivity index (χ3v) is 2.47. The molecule has 2 N–H and O–H groups in total. The van der Waals surface area contributed by atoms with Crippen LogP contribution >= 0.6 is 11.6 Å². The Morgan fingerprint density at radius 2 is 2.15 bits per heavy atom. The number of nitrogens with zero attached hydrogens (tertiary/aromatic N) is 1. The van der Waals surface area contributed by atoms with E-state index in [9.17, 15) is 9.59 Å². The molecule has 6 nitrogen and oxygen atoms in total. The Bertz CT molecular complexity index is 578. The van der Waals surface area contributed by atoms with Crippen LogP contribution in [0.2, 0.25) is 5.02 Å². The minimum Gasteiger partial charge on any atom is -0.462 e. The van der Waals surface area contributed by atoms with Gasteiger partial charge in [0.05, 0.1) is 17.2 Å². The molecule has 1 aromatic rings. The summed E-state index contributed by atoms with van der Waals surface area (Å²) in [7, 11) is 0. The number of nitriles is 1. The number of hydrogen-bond donors (Lipinski definition) is 2. The van der Waals surface area contributed by atoms with Crippen molar-refractivity contribution in [2.45, 2.75) is 6.92 Å². The minimum absolute atomic E-state index is 0.157. The van der Waals surface area contributed by atoms with Gasteiger partial charge in [-0.2, -0.15) is 5.26 Å². The highest BCUT2D eigenvalue weighted by Gasteiger charge is 2.11. The van der Waals surface area contributed by atoms with Crippen LogP contribution in [0.15, 0.2) is 36.0 Å². The second-order valence-electron chi connectivity index (χ2n) is 3.47. The van der Waals surface area contributed by atoms with Crippen molar-refractivity contribution in [1.29, 1.82) is 5.26 Å². The lowest BCUT2D eigenvalue weighted by atomic mass is 10.2. The molecule has 0 saturated carbocycles. The molecule has 0 aliphatic carbocycles. The van der Waals surface area contributed by atoms with Crippen molar-refractivity contribution in [2.75, 3.05) is 6.61 Å². The van der Waals surface area contributed by atoms with Crippen LogP contribution in [-0.4, -0.2) is 18.5 Å². The average molecular weight is 294 g/mol. The minimum atomic E-state index is -0.769. The molecule has 0 aliphatic rings. The van der Waals surface area contributed by atoms with E-state index < -0.39 is 11.9 Å². The van der Waals surface area contributed by atoms with Crippen molar-refractivity contribution in [3.05, 3.63) is 46.6 Å². The number of carbonyl (C=O) groups is 2. The predicted molar refractivity (Wildman–Crippen MR) is 72.4 cm³/mol.